The van der Waals surface area contributed by atoms with Crippen LogP contribution in [0.1, 0.15) is 39.0 Å². The van der Waals surface area contributed by atoms with Crippen LogP contribution in [0.2, 0.25) is 0 Å². The number of unbranched alkanes of at least 4 members (excludes halogenated alkanes) is 1. The molecular formula is C12H26N2. The van der Waals surface area contributed by atoms with Crippen LogP contribution >= 0.6 is 0 Å². The monoisotopic (exact) mass is 198 g/mol. The second kappa shape index (κ2) is 5.72. The lowest BCUT2D eigenvalue weighted by Crippen LogP contribution is -2.33. The Kier molecular flexibility index (Phi) is 4.90. The lowest BCUT2D eigenvalue weighted by molar-refractivity contribution is 0.222. The van der Waals surface area contributed by atoms with Crippen molar-refractivity contribution in [3.63, 3.8) is 0 Å². The summed E-state index contributed by atoms with van der Waals surface area (Å²) in [5.41, 5.74) is 0. The minimum absolute atomic E-state index is 0.823. The van der Waals surface area contributed by atoms with Crippen LogP contribution in [0, 0.1) is 0 Å². The van der Waals surface area contributed by atoms with Gasteiger partial charge in [-0.3, -0.25) is 0 Å². The molecule has 1 aliphatic rings. The average Bonchev–Trinajstić information content (AvgIpc) is 2.62. The summed E-state index contributed by atoms with van der Waals surface area (Å²) in [6, 6.07) is 1.66. The molecule has 1 fully saturated rings. The molecule has 1 aliphatic carbocycles. The van der Waals surface area contributed by atoms with Crippen LogP contribution in [0.15, 0.2) is 0 Å². The summed E-state index contributed by atoms with van der Waals surface area (Å²) >= 11 is 0. The van der Waals surface area contributed by atoms with E-state index >= 15 is 0 Å². The fourth-order valence-corrected chi connectivity index (χ4v) is 2.39. The highest BCUT2D eigenvalue weighted by atomic mass is 15.2. The van der Waals surface area contributed by atoms with Crippen molar-refractivity contribution in [3.05, 3.63) is 0 Å². The molecule has 1 rings (SSSR count). The van der Waals surface area contributed by atoms with Crippen molar-refractivity contribution in [1.82, 2.24) is 9.80 Å². The Balaban J connectivity index is 2.26. The van der Waals surface area contributed by atoms with Crippen LogP contribution in [-0.4, -0.2) is 49.6 Å². The van der Waals surface area contributed by atoms with E-state index in [1.54, 1.807) is 0 Å². The number of hydrogen-bond donors (Lipinski definition) is 0. The van der Waals surface area contributed by atoms with Crippen molar-refractivity contribution >= 4 is 0 Å². The molecule has 0 saturated heterocycles. The van der Waals surface area contributed by atoms with E-state index in [4.69, 9.17) is 0 Å². The van der Waals surface area contributed by atoms with Gasteiger partial charge < -0.3 is 9.80 Å². The van der Waals surface area contributed by atoms with Crippen LogP contribution in [0.25, 0.3) is 0 Å². The Hall–Kier alpha value is -0.0800. The molecule has 2 nitrogen and oxygen atoms in total. The summed E-state index contributed by atoms with van der Waals surface area (Å²) in [5, 5.41) is 0. The molecule has 0 aromatic carbocycles. The van der Waals surface area contributed by atoms with Gasteiger partial charge in [-0.15, -0.1) is 0 Å². The van der Waals surface area contributed by atoms with Crippen LogP contribution in [-0.2, 0) is 0 Å². The van der Waals surface area contributed by atoms with Gasteiger partial charge in [-0.2, -0.15) is 0 Å². The molecule has 84 valence electrons. The molecule has 14 heavy (non-hydrogen) atoms. The van der Waals surface area contributed by atoms with E-state index < -0.39 is 0 Å². The van der Waals surface area contributed by atoms with Crippen molar-refractivity contribution in [2.45, 2.75) is 51.1 Å². The molecule has 0 N–H and O–H groups in total. The Labute approximate surface area is 89.3 Å². The Morgan fingerprint density at radius 2 is 1.71 bits per heavy atom. The minimum atomic E-state index is 0.823. The molecule has 0 amide bonds. The molecule has 0 bridgehead atoms. The van der Waals surface area contributed by atoms with E-state index in [1.807, 2.05) is 0 Å². The fourth-order valence-electron chi connectivity index (χ4n) is 2.39. The van der Waals surface area contributed by atoms with E-state index in [9.17, 15) is 0 Å². The van der Waals surface area contributed by atoms with E-state index in [0.717, 1.165) is 12.1 Å². The van der Waals surface area contributed by atoms with Crippen LogP contribution in [0.5, 0.6) is 0 Å². The van der Waals surface area contributed by atoms with E-state index in [2.05, 4.69) is 37.9 Å². The fraction of sp³-hybridized carbons (Fsp3) is 1.00. The second-order valence-corrected chi connectivity index (χ2v) is 4.92. The zero-order chi connectivity index (χ0) is 10.6. The molecule has 2 unspecified atom stereocenters. The first-order valence-corrected chi connectivity index (χ1v) is 6.01. The maximum absolute atomic E-state index is 2.56. The van der Waals surface area contributed by atoms with E-state index in [0.29, 0.717) is 0 Å². The Morgan fingerprint density at radius 1 is 1.07 bits per heavy atom. The second-order valence-electron chi connectivity index (χ2n) is 4.92. The zero-order valence-corrected chi connectivity index (χ0v) is 10.3. The standard InChI is InChI=1S/C12H26N2/c1-5-6-9-14(4)12-8-7-11(10-12)13(2)3/h11-12H,5-10H2,1-4H3. The lowest BCUT2D eigenvalue weighted by atomic mass is 10.2. The molecule has 1 saturated carbocycles. The predicted octanol–water partition coefficient (Wildman–Crippen LogP) is 2.20. The highest BCUT2D eigenvalue weighted by molar-refractivity contribution is 4.85. The van der Waals surface area contributed by atoms with Gasteiger partial charge in [0.05, 0.1) is 0 Å². The van der Waals surface area contributed by atoms with Gasteiger partial charge in [-0.05, 0) is 53.4 Å². The smallest absolute Gasteiger partial charge is 0.0108 e. The topological polar surface area (TPSA) is 6.48 Å². The van der Waals surface area contributed by atoms with E-state index in [-0.39, 0.29) is 0 Å². The average molecular weight is 198 g/mol. The van der Waals surface area contributed by atoms with Crippen LogP contribution < -0.4 is 0 Å². The van der Waals surface area contributed by atoms with Crippen molar-refractivity contribution < 1.29 is 0 Å². The normalized spacial score (nSPS) is 27.9. The van der Waals surface area contributed by atoms with Gasteiger partial charge in [-0.1, -0.05) is 13.3 Å². The lowest BCUT2D eigenvalue weighted by Gasteiger charge is -2.25. The molecule has 0 spiro atoms. The molecular weight excluding hydrogens is 172 g/mol. The summed E-state index contributed by atoms with van der Waals surface area (Å²) in [6.07, 6.45) is 6.80. The first kappa shape index (κ1) is 12.0. The largest absolute Gasteiger partial charge is 0.306 e. The molecule has 0 radical (unpaired) electrons. The molecule has 0 aliphatic heterocycles. The van der Waals surface area contributed by atoms with Crippen molar-refractivity contribution in [2.75, 3.05) is 27.7 Å². The maximum atomic E-state index is 2.56. The highest BCUT2D eigenvalue weighted by Gasteiger charge is 2.28. The molecule has 0 heterocycles. The SMILES string of the molecule is CCCCN(C)C1CCC(N(C)C)C1. The highest BCUT2D eigenvalue weighted by Crippen LogP contribution is 2.26. The number of rotatable bonds is 5. The Bertz CT molecular complexity index is 156. The van der Waals surface area contributed by atoms with Crippen LogP contribution in [0.4, 0.5) is 0 Å². The third kappa shape index (κ3) is 3.25. The van der Waals surface area contributed by atoms with Gasteiger partial charge in [0, 0.05) is 12.1 Å². The predicted molar refractivity (Wildman–Crippen MR) is 62.7 cm³/mol. The quantitative estimate of drug-likeness (QED) is 0.668. The third-order valence-corrected chi connectivity index (χ3v) is 3.60. The summed E-state index contributed by atoms with van der Waals surface area (Å²) < 4.78 is 0. The van der Waals surface area contributed by atoms with Crippen molar-refractivity contribution in [2.24, 2.45) is 0 Å². The van der Waals surface area contributed by atoms with Gasteiger partial charge in [0.15, 0.2) is 0 Å². The third-order valence-electron chi connectivity index (χ3n) is 3.60. The maximum Gasteiger partial charge on any atom is 0.0108 e. The minimum Gasteiger partial charge on any atom is -0.306 e. The van der Waals surface area contributed by atoms with Gasteiger partial charge in [0.2, 0.25) is 0 Å². The van der Waals surface area contributed by atoms with Gasteiger partial charge in [0.1, 0.15) is 0 Å². The number of hydrogen-bond acceptors (Lipinski definition) is 2. The van der Waals surface area contributed by atoms with Crippen LogP contribution in [0.3, 0.4) is 0 Å². The van der Waals surface area contributed by atoms with Gasteiger partial charge >= 0.3 is 0 Å². The van der Waals surface area contributed by atoms with Crippen molar-refractivity contribution in [3.8, 4) is 0 Å². The summed E-state index contributed by atoms with van der Waals surface area (Å²) in [7, 11) is 6.70. The summed E-state index contributed by atoms with van der Waals surface area (Å²) in [4.78, 5) is 4.95. The molecule has 0 aromatic heterocycles. The summed E-state index contributed by atoms with van der Waals surface area (Å²) in [5.74, 6) is 0. The van der Waals surface area contributed by atoms with E-state index in [1.165, 1.54) is 38.6 Å². The molecule has 2 heteroatoms. The number of nitrogens with zero attached hydrogens (tertiary/aromatic N) is 2. The first-order chi connectivity index (χ1) is 6.65. The van der Waals surface area contributed by atoms with Crippen molar-refractivity contribution in [1.29, 1.82) is 0 Å². The Morgan fingerprint density at radius 3 is 2.21 bits per heavy atom. The van der Waals surface area contributed by atoms with Gasteiger partial charge in [0.25, 0.3) is 0 Å². The zero-order valence-electron chi connectivity index (χ0n) is 10.3. The summed E-state index contributed by atoms with van der Waals surface area (Å²) in [6.45, 7) is 3.55. The first-order valence-electron chi connectivity index (χ1n) is 6.01. The molecule has 0 aromatic rings. The molecule has 2 atom stereocenters. The van der Waals surface area contributed by atoms with Gasteiger partial charge in [-0.25, -0.2) is 0 Å².